The van der Waals surface area contributed by atoms with E-state index in [1.165, 1.54) is 0 Å². The van der Waals surface area contributed by atoms with E-state index in [1.54, 1.807) is 5.01 Å². The number of carbonyl (C=O) groups is 1. The Hall–Kier alpha value is -1.17. The van der Waals surface area contributed by atoms with Crippen LogP contribution >= 0.6 is 0 Å². The fourth-order valence-electron chi connectivity index (χ4n) is 0.679. The Balaban J connectivity index is 2.29. The van der Waals surface area contributed by atoms with Crippen LogP contribution in [0, 0.1) is 0 Å². The molecule has 1 saturated heterocycles. The normalized spacial score (nSPS) is 18.6. The highest BCUT2D eigenvalue weighted by Crippen LogP contribution is 1.92. The number of urea groups is 1. The average molecular weight is 143 g/mol. The van der Waals surface area contributed by atoms with Crippen LogP contribution < -0.4 is 11.1 Å². The number of carbonyl (C=O) groups excluding carboxylic acids is 1. The lowest BCUT2D eigenvalue weighted by Crippen LogP contribution is -2.16. The van der Waals surface area contributed by atoms with E-state index in [0.717, 1.165) is 13.1 Å². The van der Waals surface area contributed by atoms with Crippen LogP contribution in [0.25, 0.3) is 0 Å². The van der Waals surface area contributed by atoms with Crippen LogP contribution in [0.4, 0.5) is 4.79 Å². The largest absolute Gasteiger partial charge is 0.358 e. The van der Waals surface area contributed by atoms with Crippen LogP contribution in [-0.4, -0.2) is 30.8 Å². The number of hydrogen-bond acceptors (Lipinski definition) is 3. The van der Waals surface area contributed by atoms with Gasteiger partial charge in [0.25, 0.3) is 0 Å². The van der Waals surface area contributed by atoms with Crippen molar-refractivity contribution in [2.24, 2.45) is 16.1 Å². The van der Waals surface area contributed by atoms with E-state index >= 15 is 0 Å². The SMILES string of the molecule is NC(=O)N=NN1CCNC1. The number of rotatable bonds is 1. The molecule has 0 atom stereocenters. The molecular weight excluding hydrogens is 134 g/mol. The highest BCUT2D eigenvalue weighted by Gasteiger charge is 2.06. The average Bonchev–Trinajstić information content (AvgIpc) is 2.34. The maximum absolute atomic E-state index is 10.1. The van der Waals surface area contributed by atoms with Crippen molar-refractivity contribution in [2.45, 2.75) is 0 Å². The van der Waals surface area contributed by atoms with Crippen LogP contribution in [0.2, 0.25) is 0 Å². The van der Waals surface area contributed by atoms with Crippen molar-refractivity contribution in [3.63, 3.8) is 0 Å². The van der Waals surface area contributed by atoms with Crippen LogP contribution in [0.15, 0.2) is 10.3 Å². The predicted molar refractivity (Wildman–Crippen MR) is 34.0 cm³/mol. The number of nitrogens with two attached hydrogens (primary N) is 1. The lowest BCUT2D eigenvalue weighted by atomic mass is 10.7. The Labute approximate surface area is 58.1 Å². The van der Waals surface area contributed by atoms with Crippen LogP contribution in [0.5, 0.6) is 0 Å². The van der Waals surface area contributed by atoms with Crippen LogP contribution in [0.3, 0.4) is 0 Å². The standard InChI is InChI=1S/C4H9N5O/c5-4(10)7-8-9-2-1-6-3-9/h6H,1-3H2,(H2,5,10). The first-order valence-corrected chi connectivity index (χ1v) is 2.96. The summed E-state index contributed by atoms with van der Waals surface area (Å²) in [6, 6.07) is -0.757. The van der Waals surface area contributed by atoms with Gasteiger partial charge in [0.05, 0.1) is 13.2 Å². The van der Waals surface area contributed by atoms with Crippen molar-refractivity contribution in [1.29, 1.82) is 0 Å². The van der Waals surface area contributed by atoms with Gasteiger partial charge in [-0.05, 0) is 0 Å². The van der Waals surface area contributed by atoms with Gasteiger partial charge in [0.1, 0.15) is 0 Å². The summed E-state index contributed by atoms with van der Waals surface area (Å²) in [6.07, 6.45) is 0. The zero-order valence-corrected chi connectivity index (χ0v) is 5.45. The molecule has 1 rings (SSSR count). The smallest absolute Gasteiger partial charge is 0.348 e. The first-order valence-electron chi connectivity index (χ1n) is 2.96. The molecule has 0 aromatic rings. The second-order valence-corrected chi connectivity index (χ2v) is 1.92. The van der Waals surface area contributed by atoms with E-state index in [4.69, 9.17) is 5.73 Å². The molecule has 2 amide bonds. The fraction of sp³-hybridized carbons (Fsp3) is 0.750. The Morgan fingerprint density at radius 3 is 3.00 bits per heavy atom. The van der Waals surface area contributed by atoms with Crippen LogP contribution in [0.1, 0.15) is 0 Å². The molecule has 0 aromatic carbocycles. The van der Waals surface area contributed by atoms with E-state index in [9.17, 15) is 4.79 Å². The molecule has 3 N–H and O–H groups in total. The minimum absolute atomic E-state index is 0.636. The van der Waals surface area contributed by atoms with Gasteiger partial charge in [0.15, 0.2) is 0 Å². The minimum Gasteiger partial charge on any atom is -0.348 e. The Morgan fingerprint density at radius 1 is 1.70 bits per heavy atom. The van der Waals surface area contributed by atoms with Gasteiger partial charge in [-0.1, -0.05) is 10.3 Å². The first-order chi connectivity index (χ1) is 4.79. The third kappa shape index (κ3) is 1.98. The molecule has 1 aliphatic heterocycles. The summed E-state index contributed by atoms with van der Waals surface area (Å²) < 4.78 is 0. The third-order valence-electron chi connectivity index (χ3n) is 1.11. The summed E-state index contributed by atoms with van der Waals surface area (Å²) in [7, 11) is 0. The van der Waals surface area contributed by atoms with Crippen molar-refractivity contribution >= 4 is 6.03 Å². The van der Waals surface area contributed by atoms with E-state index in [2.05, 4.69) is 15.7 Å². The topological polar surface area (TPSA) is 83.1 Å². The summed E-state index contributed by atoms with van der Waals surface area (Å²) in [4.78, 5) is 10.1. The molecule has 1 fully saturated rings. The van der Waals surface area contributed by atoms with Crippen LogP contribution in [-0.2, 0) is 0 Å². The monoisotopic (exact) mass is 143 g/mol. The molecule has 1 heterocycles. The van der Waals surface area contributed by atoms with Gasteiger partial charge in [0, 0.05) is 6.54 Å². The maximum Gasteiger partial charge on any atom is 0.358 e. The van der Waals surface area contributed by atoms with Crippen molar-refractivity contribution in [3.8, 4) is 0 Å². The molecule has 10 heavy (non-hydrogen) atoms. The molecule has 0 aromatic heterocycles. The maximum atomic E-state index is 10.1. The van der Waals surface area contributed by atoms with E-state index in [1.807, 2.05) is 0 Å². The molecule has 56 valence electrons. The first kappa shape index (κ1) is 6.94. The Kier molecular flexibility index (Phi) is 2.16. The van der Waals surface area contributed by atoms with Crippen molar-refractivity contribution in [2.75, 3.05) is 19.8 Å². The van der Waals surface area contributed by atoms with E-state index in [0.29, 0.717) is 6.67 Å². The van der Waals surface area contributed by atoms with Gasteiger partial charge < -0.3 is 5.73 Å². The summed E-state index contributed by atoms with van der Waals surface area (Å²) in [5.74, 6) is 0. The Bertz CT molecular complexity index is 150. The second-order valence-electron chi connectivity index (χ2n) is 1.92. The van der Waals surface area contributed by atoms with Gasteiger partial charge in [0.2, 0.25) is 0 Å². The quantitative estimate of drug-likeness (QED) is 0.476. The van der Waals surface area contributed by atoms with E-state index < -0.39 is 6.03 Å². The molecular formula is C4H9N5O. The van der Waals surface area contributed by atoms with Gasteiger partial charge in [-0.25, -0.2) is 4.79 Å². The van der Waals surface area contributed by atoms with Crippen molar-refractivity contribution < 1.29 is 4.79 Å². The van der Waals surface area contributed by atoms with Gasteiger partial charge in [-0.15, -0.1) is 0 Å². The van der Waals surface area contributed by atoms with Gasteiger partial charge in [-0.3, -0.25) is 10.3 Å². The minimum atomic E-state index is -0.757. The fourth-order valence-corrected chi connectivity index (χ4v) is 0.679. The molecule has 0 spiro atoms. The summed E-state index contributed by atoms with van der Waals surface area (Å²) in [5.41, 5.74) is 4.72. The second kappa shape index (κ2) is 3.11. The van der Waals surface area contributed by atoms with E-state index in [-0.39, 0.29) is 0 Å². The predicted octanol–water partition coefficient (Wildman–Crippen LogP) is -0.705. The molecule has 0 saturated carbocycles. The highest BCUT2D eigenvalue weighted by atomic mass is 16.2. The summed E-state index contributed by atoms with van der Waals surface area (Å²) in [5, 5.41) is 11.3. The number of nitrogens with zero attached hydrogens (tertiary/aromatic N) is 3. The zero-order valence-electron chi connectivity index (χ0n) is 5.45. The van der Waals surface area contributed by atoms with Gasteiger partial charge >= 0.3 is 6.03 Å². The molecule has 0 unspecified atom stereocenters. The number of primary amides is 1. The molecule has 0 aliphatic carbocycles. The zero-order chi connectivity index (χ0) is 7.40. The number of amides is 2. The molecule has 6 nitrogen and oxygen atoms in total. The molecule has 0 radical (unpaired) electrons. The lowest BCUT2D eigenvalue weighted by molar-refractivity contribution is 0.250. The summed E-state index contributed by atoms with van der Waals surface area (Å²) in [6.45, 7) is 2.28. The molecule has 0 bridgehead atoms. The number of hydrogen-bond donors (Lipinski definition) is 2. The number of nitrogens with one attached hydrogen (secondary N) is 1. The van der Waals surface area contributed by atoms with Crippen molar-refractivity contribution in [1.82, 2.24) is 10.3 Å². The van der Waals surface area contributed by atoms with Crippen molar-refractivity contribution in [3.05, 3.63) is 0 Å². The highest BCUT2D eigenvalue weighted by molar-refractivity contribution is 5.71. The Morgan fingerprint density at radius 2 is 2.50 bits per heavy atom. The lowest BCUT2D eigenvalue weighted by Gasteiger charge is -2.03. The summed E-state index contributed by atoms with van der Waals surface area (Å²) >= 11 is 0. The third-order valence-corrected chi connectivity index (χ3v) is 1.11. The molecule has 1 aliphatic rings. The van der Waals surface area contributed by atoms with Gasteiger partial charge in [-0.2, -0.15) is 0 Å². The molecule has 6 heteroatoms.